The summed E-state index contributed by atoms with van der Waals surface area (Å²) < 4.78 is 31.9. The first-order valence-corrected chi connectivity index (χ1v) is 12.7. The standard InChI is InChI=1S/C27H32N2O4S/c1-17(2)25-15-23(29-22-11-9-21(10-12-22)28-20(6)30)16-26(18(3)4)27(25)33-34(31,32)24-13-7-19(5)8-14-24/h7-18,29H,1-6H3,(H,28,30). The molecule has 0 aromatic heterocycles. The van der Waals surface area contributed by atoms with Crippen LogP contribution >= 0.6 is 0 Å². The minimum Gasteiger partial charge on any atom is -0.378 e. The molecule has 0 radical (unpaired) electrons. The van der Waals surface area contributed by atoms with Crippen molar-refractivity contribution in [1.29, 1.82) is 0 Å². The van der Waals surface area contributed by atoms with Crippen molar-refractivity contribution >= 4 is 33.1 Å². The van der Waals surface area contributed by atoms with Crippen molar-refractivity contribution in [3.63, 3.8) is 0 Å². The topological polar surface area (TPSA) is 84.5 Å². The monoisotopic (exact) mass is 480 g/mol. The number of benzene rings is 3. The molecule has 0 aliphatic rings. The maximum absolute atomic E-state index is 13.1. The van der Waals surface area contributed by atoms with E-state index in [0.29, 0.717) is 11.4 Å². The number of hydrogen-bond acceptors (Lipinski definition) is 5. The predicted octanol–water partition coefficient (Wildman–Crippen LogP) is 6.71. The van der Waals surface area contributed by atoms with Gasteiger partial charge in [-0.05, 0) is 67.3 Å². The summed E-state index contributed by atoms with van der Waals surface area (Å²) in [5.74, 6) is 0.325. The number of hydrogen-bond donors (Lipinski definition) is 2. The highest BCUT2D eigenvalue weighted by Gasteiger charge is 2.24. The van der Waals surface area contributed by atoms with Gasteiger partial charge in [0.2, 0.25) is 5.91 Å². The molecule has 3 aromatic rings. The molecule has 3 rings (SSSR count). The Balaban J connectivity index is 1.99. The number of anilines is 3. The van der Waals surface area contributed by atoms with E-state index >= 15 is 0 Å². The molecule has 3 aromatic carbocycles. The van der Waals surface area contributed by atoms with Gasteiger partial charge in [-0.3, -0.25) is 4.79 Å². The first kappa shape index (κ1) is 25.3. The molecule has 0 heterocycles. The van der Waals surface area contributed by atoms with Crippen molar-refractivity contribution in [2.75, 3.05) is 10.6 Å². The Bertz CT molecular complexity index is 1230. The van der Waals surface area contributed by atoms with E-state index in [9.17, 15) is 13.2 Å². The van der Waals surface area contributed by atoms with Crippen molar-refractivity contribution in [3.05, 3.63) is 77.4 Å². The third-order valence-corrected chi connectivity index (χ3v) is 6.62. The summed E-state index contributed by atoms with van der Waals surface area (Å²) in [6.07, 6.45) is 0. The third-order valence-electron chi connectivity index (χ3n) is 5.39. The van der Waals surface area contributed by atoms with Crippen LogP contribution in [0, 0.1) is 6.92 Å². The molecule has 6 nitrogen and oxygen atoms in total. The predicted molar refractivity (Wildman–Crippen MR) is 138 cm³/mol. The lowest BCUT2D eigenvalue weighted by Gasteiger charge is -2.22. The first-order chi connectivity index (χ1) is 16.0. The molecule has 0 fully saturated rings. The van der Waals surface area contributed by atoms with E-state index in [-0.39, 0.29) is 22.6 Å². The summed E-state index contributed by atoms with van der Waals surface area (Å²) in [7, 11) is -3.98. The number of aryl methyl sites for hydroxylation is 1. The van der Waals surface area contributed by atoms with Gasteiger partial charge in [0.15, 0.2) is 0 Å². The SMILES string of the molecule is CC(=O)Nc1ccc(Nc2cc(C(C)C)c(OS(=O)(=O)c3ccc(C)cc3)c(C(C)C)c2)cc1. The van der Waals surface area contributed by atoms with Crippen LogP contribution in [0.4, 0.5) is 17.1 Å². The minimum absolute atomic E-state index is 0.0320. The lowest BCUT2D eigenvalue weighted by atomic mass is 9.93. The average molecular weight is 481 g/mol. The summed E-state index contributed by atoms with van der Waals surface area (Å²) in [4.78, 5) is 11.4. The van der Waals surface area contributed by atoms with Gasteiger partial charge in [-0.2, -0.15) is 8.42 Å². The number of carbonyl (C=O) groups excluding carboxylic acids is 1. The molecule has 0 saturated heterocycles. The molecule has 7 heteroatoms. The highest BCUT2D eigenvalue weighted by Crippen LogP contribution is 2.39. The van der Waals surface area contributed by atoms with E-state index in [1.54, 1.807) is 24.3 Å². The number of carbonyl (C=O) groups is 1. The summed E-state index contributed by atoms with van der Waals surface area (Å²) in [6, 6.07) is 17.9. The van der Waals surface area contributed by atoms with Gasteiger partial charge in [0, 0.05) is 35.1 Å². The molecule has 34 heavy (non-hydrogen) atoms. The highest BCUT2D eigenvalue weighted by molar-refractivity contribution is 7.87. The fourth-order valence-electron chi connectivity index (χ4n) is 3.57. The third kappa shape index (κ3) is 6.17. The second-order valence-corrected chi connectivity index (χ2v) is 10.6. The summed E-state index contributed by atoms with van der Waals surface area (Å²) >= 11 is 0. The van der Waals surface area contributed by atoms with Crippen molar-refractivity contribution in [3.8, 4) is 5.75 Å². The van der Waals surface area contributed by atoms with E-state index in [1.165, 1.54) is 6.92 Å². The van der Waals surface area contributed by atoms with E-state index < -0.39 is 10.1 Å². The van der Waals surface area contributed by atoms with E-state index in [4.69, 9.17) is 4.18 Å². The normalized spacial score (nSPS) is 11.5. The van der Waals surface area contributed by atoms with Crippen LogP contribution in [0.5, 0.6) is 5.75 Å². The smallest absolute Gasteiger partial charge is 0.339 e. The molecule has 180 valence electrons. The van der Waals surface area contributed by atoms with Crippen LogP contribution in [0.15, 0.2) is 65.6 Å². The van der Waals surface area contributed by atoms with Gasteiger partial charge in [-0.25, -0.2) is 0 Å². The molecule has 0 bridgehead atoms. The van der Waals surface area contributed by atoms with Crippen molar-refractivity contribution in [2.24, 2.45) is 0 Å². The molecular weight excluding hydrogens is 448 g/mol. The molecule has 0 spiro atoms. The lowest BCUT2D eigenvalue weighted by Crippen LogP contribution is -2.14. The zero-order valence-electron chi connectivity index (χ0n) is 20.5. The van der Waals surface area contributed by atoms with Crippen molar-refractivity contribution in [2.45, 2.75) is 58.3 Å². The Morgan fingerprint density at radius 1 is 0.794 bits per heavy atom. The van der Waals surface area contributed by atoms with Crippen LogP contribution < -0.4 is 14.8 Å². The summed E-state index contributed by atoms with van der Waals surface area (Å²) in [6.45, 7) is 11.4. The first-order valence-electron chi connectivity index (χ1n) is 11.3. The van der Waals surface area contributed by atoms with Crippen molar-refractivity contribution in [1.82, 2.24) is 0 Å². The molecule has 0 aliphatic heterocycles. The Morgan fingerprint density at radius 3 is 1.76 bits per heavy atom. The molecule has 2 N–H and O–H groups in total. The fraction of sp³-hybridized carbons (Fsp3) is 0.296. The highest BCUT2D eigenvalue weighted by atomic mass is 32.2. The summed E-state index contributed by atoms with van der Waals surface area (Å²) in [5, 5.41) is 6.13. The van der Waals surface area contributed by atoms with E-state index in [0.717, 1.165) is 28.1 Å². The summed E-state index contributed by atoms with van der Waals surface area (Å²) in [5.41, 5.74) is 4.98. The van der Waals surface area contributed by atoms with Gasteiger partial charge in [0.1, 0.15) is 10.6 Å². The van der Waals surface area contributed by atoms with E-state index in [1.807, 2.05) is 71.0 Å². The Kier molecular flexibility index (Phi) is 7.67. The molecule has 0 saturated carbocycles. The maximum Gasteiger partial charge on any atom is 0.339 e. The largest absolute Gasteiger partial charge is 0.378 e. The Morgan fingerprint density at radius 2 is 1.29 bits per heavy atom. The Labute approximate surface area is 202 Å². The zero-order chi connectivity index (χ0) is 25.0. The second-order valence-electron chi connectivity index (χ2n) is 9.03. The van der Waals surface area contributed by atoms with Crippen molar-refractivity contribution < 1.29 is 17.4 Å². The van der Waals surface area contributed by atoms with E-state index in [2.05, 4.69) is 10.6 Å². The molecule has 0 atom stereocenters. The zero-order valence-corrected chi connectivity index (χ0v) is 21.3. The lowest BCUT2D eigenvalue weighted by molar-refractivity contribution is -0.114. The van der Waals surface area contributed by atoms with Gasteiger partial charge < -0.3 is 14.8 Å². The number of rotatable bonds is 8. The van der Waals surface area contributed by atoms with Gasteiger partial charge in [-0.15, -0.1) is 0 Å². The quantitative estimate of drug-likeness (QED) is 0.350. The number of amides is 1. The van der Waals surface area contributed by atoms with Crippen LogP contribution in [-0.4, -0.2) is 14.3 Å². The molecule has 0 aliphatic carbocycles. The van der Waals surface area contributed by atoms with Crippen LogP contribution in [0.2, 0.25) is 0 Å². The van der Waals surface area contributed by atoms with Crippen LogP contribution in [-0.2, 0) is 14.9 Å². The van der Waals surface area contributed by atoms with Crippen LogP contribution in [0.3, 0.4) is 0 Å². The molecule has 0 unspecified atom stereocenters. The van der Waals surface area contributed by atoms with Crippen LogP contribution in [0.25, 0.3) is 0 Å². The molecular formula is C27H32N2O4S. The Hall–Kier alpha value is -3.32. The van der Waals surface area contributed by atoms with Gasteiger partial charge in [-0.1, -0.05) is 45.4 Å². The maximum atomic E-state index is 13.1. The number of nitrogens with one attached hydrogen (secondary N) is 2. The van der Waals surface area contributed by atoms with Gasteiger partial charge >= 0.3 is 10.1 Å². The average Bonchev–Trinajstić information content (AvgIpc) is 2.75. The van der Waals surface area contributed by atoms with Gasteiger partial charge in [0.25, 0.3) is 0 Å². The minimum atomic E-state index is -3.98. The molecule has 1 amide bonds. The second kappa shape index (κ2) is 10.3. The fourth-order valence-corrected chi connectivity index (χ4v) is 4.55. The van der Waals surface area contributed by atoms with Crippen LogP contribution in [0.1, 0.15) is 63.1 Å². The van der Waals surface area contributed by atoms with Gasteiger partial charge in [0.05, 0.1) is 0 Å².